The number of nitrogens with zero attached hydrogens (tertiary/aromatic N) is 8. The van der Waals surface area contributed by atoms with Crippen LogP contribution >= 0.6 is 22.7 Å². The van der Waals surface area contributed by atoms with E-state index in [1.54, 1.807) is 28.3 Å². The first-order valence-corrected chi connectivity index (χ1v) is 12.4. The van der Waals surface area contributed by atoms with Crippen molar-refractivity contribution in [3.63, 3.8) is 0 Å². The normalized spacial score (nSPS) is 24.9. The number of benzene rings is 1. The van der Waals surface area contributed by atoms with E-state index in [1.807, 2.05) is 30.5 Å². The summed E-state index contributed by atoms with van der Waals surface area (Å²) in [5, 5.41) is 52.2. The van der Waals surface area contributed by atoms with E-state index >= 15 is 0 Å². The highest BCUT2D eigenvalue weighted by atomic mass is 32.1. The Hall–Kier alpha value is -3.14. The fourth-order valence-corrected chi connectivity index (χ4v) is 5.76. The molecular formula is C21H20N8O4S2. The molecule has 5 atom stereocenters. The van der Waals surface area contributed by atoms with Gasteiger partial charge in [-0.15, -0.1) is 38.0 Å². The highest BCUT2D eigenvalue weighted by molar-refractivity contribution is 7.18. The summed E-state index contributed by atoms with van der Waals surface area (Å²) in [6.07, 6.45) is 0.294. The van der Waals surface area contributed by atoms with E-state index in [1.165, 1.54) is 22.3 Å². The molecule has 4 aromatic heterocycles. The molecule has 0 unspecified atom stereocenters. The average molecular weight is 513 g/mol. The van der Waals surface area contributed by atoms with Gasteiger partial charge in [-0.25, -0.2) is 14.6 Å². The van der Waals surface area contributed by atoms with Crippen LogP contribution in [0.3, 0.4) is 0 Å². The summed E-state index contributed by atoms with van der Waals surface area (Å²) in [6, 6.07) is 4.81. The Morgan fingerprint density at radius 3 is 2.86 bits per heavy atom. The lowest BCUT2D eigenvalue weighted by Crippen LogP contribution is -2.53. The van der Waals surface area contributed by atoms with Crippen molar-refractivity contribution in [3.8, 4) is 16.4 Å². The first kappa shape index (κ1) is 22.3. The maximum atomic E-state index is 11.4. The number of aliphatic hydroxyl groups excluding tert-OH is 3. The van der Waals surface area contributed by atoms with Crippen LogP contribution in [0.4, 0.5) is 0 Å². The molecule has 6 rings (SSSR count). The summed E-state index contributed by atoms with van der Waals surface area (Å²) >= 11 is 2.97. The zero-order valence-corrected chi connectivity index (χ0v) is 19.9. The number of ether oxygens (including phenoxy) is 1. The summed E-state index contributed by atoms with van der Waals surface area (Å²) in [7, 11) is 0. The van der Waals surface area contributed by atoms with Gasteiger partial charge in [-0.05, 0) is 25.1 Å². The van der Waals surface area contributed by atoms with E-state index in [2.05, 4.69) is 30.5 Å². The highest BCUT2D eigenvalue weighted by Gasteiger charge is 2.48. The Morgan fingerprint density at radius 1 is 1.17 bits per heavy atom. The van der Waals surface area contributed by atoms with Gasteiger partial charge < -0.3 is 20.1 Å². The molecule has 0 radical (unpaired) electrons. The van der Waals surface area contributed by atoms with Crippen LogP contribution in [-0.2, 0) is 4.74 Å². The average Bonchev–Trinajstić information content (AvgIpc) is 3.65. The largest absolute Gasteiger partial charge is 0.394 e. The van der Waals surface area contributed by atoms with Crippen molar-refractivity contribution in [2.75, 3.05) is 6.61 Å². The second-order valence-electron chi connectivity index (χ2n) is 8.11. The van der Waals surface area contributed by atoms with Gasteiger partial charge in [0.05, 0.1) is 28.0 Å². The van der Waals surface area contributed by atoms with E-state index < -0.39 is 37.1 Å². The van der Waals surface area contributed by atoms with Crippen LogP contribution in [-0.4, -0.2) is 80.0 Å². The van der Waals surface area contributed by atoms with Crippen LogP contribution in [0.1, 0.15) is 23.0 Å². The number of thiazole rings is 2. The maximum absolute atomic E-state index is 11.4. The number of fused-ring (bicyclic) bond motifs is 1. The molecule has 1 fully saturated rings. The molecule has 1 aliphatic heterocycles. The van der Waals surface area contributed by atoms with E-state index in [0.29, 0.717) is 16.5 Å². The summed E-state index contributed by atoms with van der Waals surface area (Å²) in [5.74, 6) is 0.327. The van der Waals surface area contributed by atoms with Gasteiger partial charge in [-0.3, -0.25) is 4.57 Å². The third kappa shape index (κ3) is 3.84. The van der Waals surface area contributed by atoms with Crippen LogP contribution < -0.4 is 0 Å². The van der Waals surface area contributed by atoms with Crippen LogP contribution in [0.25, 0.3) is 26.6 Å². The summed E-state index contributed by atoms with van der Waals surface area (Å²) < 4.78 is 10.0. The van der Waals surface area contributed by atoms with Gasteiger partial charge in [-0.1, -0.05) is 5.21 Å². The third-order valence-electron chi connectivity index (χ3n) is 5.95. The quantitative estimate of drug-likeness (QED) is 0.313. The first-order chi connectivity index (χ1) is 17.0. The molecule has 12 nitrogen and oxygen atoms in total. The van der Waals surface area contributed by atoms with Crippen LogP contribution in [0.15, 0.2) is 42.3 Å². The van der Waals surface area contributed by atoms with E-state index in [4.69, 9.17) is 4.74 Å². The summed E-state index contributed by atoms with van der Waals surface area (Å²) in [4.78, 5) is 8.72. The zero-order chi connectivity index (χ0) is 24.1. The Morgan fingerprint density at radius 2 is 2.06 bits per heavy atom. The molecule has 0 saturated carbocycles. The van der Waals surface area contributed by atoms with Crippen LogP contribution in [0, 0.1) is 6.92 Å². The number of aliphatic hydroxyl groups is 3. The fourth-order valence-electron chi connectivity index (χ4n) is 4.31. The molecule has 0 aliphatic carbocycles. The standard InChI is InChI=1S/C21H20N8O4S2/c1-10-24-12-3-2-11(6-15(12)35-10)28-9-23-26-20(28)19-18(32)16(17(31)14(8-30)33-19)29-7-13(25-27-29)21-22-4-5-34-21/h2-7,9,14,16-19,30-32H,8H2,1H3/t14-,16+,17+,18-,19-/m1/s1. The van der Waals surface area contributed by atoms with Crippen LogP contribution in [0.5, 0.6) is 0 Å². The molecule has 5 aromatic rings. The molecule has 180 valence electrons. The van der Waals surface area contributed by atoms with Crippen molar-refractivity contribution in [2.24, 2.45) is 0 Å². The molecular weight excluding hydrogens is 492 g/mol. The van der Waals surface area contributed by atoms with Gasteiger partial charge in [0.25, 0.3) is 0 Å². The second-order valence-corrected chi connectivity index (χ2v) is 10.2. The predicted octanol–water partition coefficient (Wildman–Crippen LogP) is 1.30. The monoisotopic (exact) mass is 512 g/mol. The third-order valence-corrected chi connectivity index (χ3v) is 7.67. The van der Waals surface area contributed by atoms with Crippen molar-refractivity contribution in [1.82, 2.24) is 39.7 Å². The highest BCUT2D eigenvalue weighted by Crippen LogP contribution is 2.38. The predicted molar refractivity (Wildman–Crippen MR) is 126 cm³/mol. The van der Waals surface area contributed by atoms with Gasteiger partial charge >= 0.3 is 0 Å². The number of hydrogen-bond acceptors (Lipinski definition) is 12. The van der Waals surface area contributed by atoms with E-state index in [9.17, 15) is 15.3 Å². The Labute approximate surface area is 206 Å². The lowest BCUT2D eigenvalue weighted by molar-refractivity contribution is -0.210. The first-order valence-electron chi connectivity index (χ1n) is 10.7. The van der Waals surface area contributed by atoms with E-state index in [0.717, 1.165) is 20.9 Å². The Kier molecular flexibility index (Phi) is 5.63. The van der Waals surface area contributed by atoms with Gasteiger partial charge in [0.1, 0.15) is 47.5 Å². The van der Waals surface area contributed by atoms with Crippen LogP contribution in [0.2, 0.25) is 0 Å². The lowest BCUT2D eigenvalue weighted by atomic mass is 9.92. The van der Waals surface area contributed by atoms with E-state index in [-0.39, 0.29) is 0 Å². The van der Waals surface area contributed by atoms with Crippen molar-refractivity contribution in [2.45, 2.75) is 37.4 Å². The molecule has 0 spiro atoms. The summed E-state index contributed by atoms with van der Waals surface area (Å²) in [5.41, 5.74) is 2.18. The maximum Gasteiger partial charge on any atom is 0.169 e. The number of aromatic nitrogens is 8. The van der Waals surface area contributed by atoms with Crippen molar-refractivity contribution in [1.29, 1.82) is 0 Å². The molecule has 3 N–H and O–H groups in total. The van der Waals surface area contributed by atoms with Gasteiger partial charge in [0.2, 0.25) is 0 Å². The second kappa shape index (κ2) is 8.82. The molecule has 1 aliphatic rings. The summed E-state index contributed by atoms with van der Waals surface area (Å²) in [6.45, 7) is 1.49. The number of hydrogen-bond donors (Lipinski definition) is 3. The molecule has 1 saturated heterocycles. The van der Waals surface area contributed by atoms with Crippen molar-refractivity contribution in [3.05, 3.63) is 53.1 Å². The Bertz CT molecular complexity index is 1470. The molecule has 35 heavy (non-hydrogen) atoms. The molecule has 0 amide bonds. The molecule has 5 heterocycles. The van der Waals surface area contributed by atoms with Crippen molar-refractivity contribution >= 4 is 32.9 Å². The molecule has 0 bridgehead atoms. The minimum Gasteiger partial charge on any atom is -0.394 e. The van der Waals surface area contributed by atoms with Gasteiger partial charge in [0.15, 0.2) is 5.82 Å². The minimum absolute atomic E-state index is 0.327. The molecule has 14 heteroatoms. The number of rotatable bonds is 5. The fraction of sp³-hybridized carbons (Fsp3) is 0.333. The minimum atomic E-state index is -1.27. The van der Waals surface area contributed by atoms with Crippen molar-refractivity contribution < 1.29 is 20.1 Å². The topological polar surface area (TPSA) is 157 Å². The smallest absolute Gasteiger partial charge is 0.169 e. The van der Waals surface area contributed by atoms with Gasteiger partial charge in [0, 0.05) is 17.3 Å². The SMILES string of the molecule is Cc1nc2ccc(-n3cnnc3[C@@H]3O[C@H](CO)[C@H](O)[C@H](n4cc(-c5nccs5)nn4)[C@H]3O)cc2s1. The zero-order valence-electron chi connectivity index (χ0n) is 18.3. The Balaban J connectivity index is 1.37. The van der Waals surface area contributed by atoms with Gasteiger partial charge in [-0.2, -0.15) is 0 Å². The lowest BCUT2D eigenvalue weighted by Gasteiger charge is -2.41. The number of aryl methyl sites for hydroxylation is 1. The molecule has 1 aromatic carbocycles.